The third-order valence-electron chi connectivity index (χ3n) is 2.18. The van der Waals surface area contributed by atoms with Gasteiger partial charge in [0.1, 0.15) is 5.82 Å². The maximum absolute atomic E-state index is 13.6. The monoisotopic (exact) mass is 274 g/mol. The Morgan fingerprint density at radius 1 is 1.59 bits per heavy atom. The minimum atomic E-state index is -0.458. The van der Waals surface area contributed by atoms with Crippen molar-refractivity contribution in [1.29, 1.82) is 0 Å². The number of carbonyl (C=O) groups is 1. The number of hydrogen-bond acceptors (Lipinski definition) is 3. The zero-order chi connectivity index (χ0) is 12.8. The molecule has 2 amide bonds. The summed E-state index contributed by atoms with van der Waals surface area (Å²) in [5.41, 5.74) is 0.240. The topological polar surface area (TPSA) is 32.3 Å². The molecule has 0 aliphatic heterocycles. The molecule has 3 nitrogen and oxygen atoms in total. The van der Waals surface area contributed by atoms with Crippen LogP contribution in [0.5, 0.6) is 0 Å². The van der Waals surface area contributed by atoms with Crippen LogP contribution in [0.4, 0.5) is 14.9 Å². The van der Waals surface area contributed by atoms with E-state index in [2.05, 4.69) is 17.9 Å². The smallest absolute Gasteiger partial charge is 0.321 e. The minimum absolute atomic E-state index is 0.240. The first kappa shape index (κ1) is 14.2. The fourth-order valence-corrected chi connectivity index (χ4v) is 1.75. The highest BCUT2D eigenvalue weighted by atomic mass is 32.2. The molecule has 0 bridgehead atoms. The molecule has 1 rings (SSSR count). The lowest BCUT2D eigenvalue weighted by Gasteiger charge is -2.18. The van der Waals surface area contributed by atoms with Crippen molar-refractivity contribution in [2.24, 2.45) is 0 Å². The van der Waals surface area contributed by atoms with Gasteiger partial charge in [0.05, 0.1) is 5.69 Å². The summed E-state index contributed by atoms with van der Waals surface area (Å²) in [5.74, 6) is 0.373. The maximum Gasteiger partial charge on any atom is 0.321 e. The van der Waals surface area contributed by atoms with Gasteiger partial charge in [-0.05, 0) is 24.5 Å². The zero-order valence-electron chi connectivity index (χ0n) is 9.74. The molecule has 1 N–H and O–H groups in total. The van der Waals surface area contributed by atoms with Gasteiger partial charge in [-0.15, -0.1) is 12.6 Å². The van der Waals surface area contributed by atoms with Crippen LogP contribution in [0.1, 0.15) is 0 Å². The summed E-state index contributed by atoms with van der Waals surface area (Å²) >= 11 is 5.67. The van der Waals surface area contributed by atoms with E-state index in [9.17, 15) is 9.18 Å². The number of halogens is 1. The Balaban J connectivity index is 2.68. The summed E-state index contributed by atoms with van der Waals surface area (Å²) in [6.07, 6.45) is 1.96. The van der Waals surface area contributed by atoms with Gasteiger partial charge in [-0.3, -0.25) is 4.90 Å². The Kier molecular flexibility index (Phi) is 5.64. The van der Waals surface area contributed by atoms with E-state index in [1.165, 1.54) is 24.1 Å². The number of carbonyl (C=O) groups excluding carboxylic acids is 1. The third kappa shape index (κ3) is 4.12. The molecule has 1 aromatic carbocycles. The van der Waals surface area contributed by atoms with Gasteiger partial charge in [-0.1, -0.05) is 0 Å². The largest absolute Gasteiger partial charge is 0.337 e. The Morgan fingerprint density at radius 2 is 2.29 bits per heavy atom. The molecule has 0 fully saturated rings. The number of anilines is 1. The average Bonchev–Trinajstić information content (AvgIpc) is 2.28. The minimum Gasteiger partial charge on any atom is -0.337 e. The van der Waals surface area contributed by atoms with Crippen molar-refractivity contribution < 1.29 is 9.18 Å². The summed E-state index contributed by atoms with van der Waals surface area (Å²) in [6.45, 7) is 0.566. The molecule has 0 saturated carbocycles. The summed E-state index contributed by atoms with van der Waals surface area (Å²) in [6, 6.07) is 4.15. The fourth-order valence-electron chi connectivity index (χ4n) is 1.26. The SMILES string of the molecule is CSCCNC(=O)N(C)c1ccc(S)cc1F. The lowest BCUT2D eigenvalue weighted by Crippen LogP contribution is -2.38. The molecule has 6 heteroatoms. The Hall–Kier alpha value is -0.880. The Bertz CT molecular complexity index is 401. The van der Waals surface area contributed by atoms with Crippen molar-refractivity contribution in [3.8, 4) is 0 Å². The number of hydrogen-bond donors (Lipinski definition) is 2. The van der Waals surface area contributed by atoms with Crippen molar-refractivity contribution in [3.05, 3.63) is 24.0 Å². The molecule has 17 heavy (non-hydrogen) atoms. The van der Waals surface area contributed by atoms with E-state index in [1.54, 1.807) is 17.8 Å². The number of thioether (sulfide) groups is 1. The van der Waals surface area contributed by atoms with Gasteiger partial charge in [-0.25, -0.2) is 9.18 Å². The van der Waals surface area contributed by atoms with E-state index in [0.29, 0.717) is 11.4 Å². The number of amides is 2. The van der Waals surface area contributed by atoms with Crippen LogP contribution in [0, 0.1) is 5.82 Å². The highest BCUT2D eigenvalue weighted by molar-refractivity contribution is 7.98. The fraction of sp³-hybridized carbons (Fsp3) is 0.364. The van der Waals surface area contributed by atoms with Crippen LogP contribution in [0.25, 0.3) is 0 Å². The van der Waals surface area contributed by atoms with Gasteiger partial charge < -0.3 is 5.32 Å². The summed E-state index contributed by atoms with van der Waals surface area (Å²) in [7, 11) is 1.53. The molecule has 0 aromatic heterocycles. The first-order valence-electron chi connectivity index (χ1n) is 5.05. The van der Waals surface area contributed by atoms with E-state index >= 15 is 0 Å². The zero-order valence-corrected chi connectivity index (χ0v) is 11.4. The molecule has 1 aromatic rings. The van der Waals surface area contributed by atoms with E-state index in [1.807, 2.05) is 6.26 Å². The summed E-state index contributed by atoms with van der Waals surface area (Å²) in [4.78, 5) is 13.5. The van der Waals surface area contributed by atoms with Crippen LogP contribution in [-0.4, -0.2) is 31.6 Å². The predicted octanol–water partition coefficient (Wildman–Crippen LogP) is 2.62. The van der Waals surface area contributed by atoms with Crippen LogP contribution < -0.4 is 10.2 Å². The van der Waals surface area contributed by atoms with Crippen molar-refractivity contribution in [2.45, 2.75) is 4.90 Å². The number of urea groups is 1. The number of thiol groups is 1. The molecule has 94 valence electrons. The summed E-state index contributed by atoms with van der Waals surface area (Å²) in [5, 5.41) is 2.70. The predicted molar refractivity (Wildman–Crippen MR) is 73.8 cm³/mol. The maximum atomic E-state index is 13.6. The van der Waals surface area contributed by atoms with Gasteiger partial charge in [0.2, 0.25) is 0 Å². The second-order valence-electron chi connectivity index (χ2n) is 3.42. The molecular formula is C11H15FN2OS2. The van der Waals surface area contributed by atoms with Crippen LogP contribution in [0.15, 0.2) is 23.1 Å². The Labute approximate surface area is 110 Å². The molecule has 0 unspecified atom stereocenters. The number of benzene rings is 1. The van der Waals surface area contributed by atoms with Crippen molar-refractivity contribution in [2.75, 3.05) is 30.5 Å². The first-order chi connectivity index (χ1) is 8.06. The van der Waals surface area contributed by atoms with Gasteiger partial charge >= 0.3 is 6.03 Å². The molecule has 0 atom stereocenters. The quantitative estimate of drug-likeness (QED) is 0.653. The van der Waals surface area contributed by atoms with Crippen LogP contribution in [0.3, 0.4) is 0 Å². The van der Waals surface area contributed by atoms with E-state index < -0.39 is 5.82 Å². The van der Waals surface area contributed by atoms with Gasteiger partial charge in [-0.2, -0.15) is 11.8 Å². The third-order valence-corrected chi connectivity index (χ3v) is 3.07. The van der Waals surface area contributed by atoms with Crippen molar-refractivity contribution in [1.82, 2.24) is 5.32 Å². The summed E-state index contributed by atoms with van der Waals surface area (Å²) < 4.78 is 13.6. The second kappa shape index (κ2) is 6.76. The lowest BCUT2D eigenvalue weighted by atomic mass is 10.3. The van der Waals surface area contributed by atoms with Crippen LogP contribution >= 0.6 is 24.4 Å². The molecule has 0 spiro atoms. The highest BCUT2D eigenvalue weighted by Crippen LogP contribution is 2.20. The number of nitrogens with one attached hydrogen (secondary N) is 1. The van der Waals surface area contributed by atoms with Crippen molar-refractivity contribution >= 4 is 36.1 Å². The van der Waals surface area contributed by atoms with E-state index in [-0.39, 0.29) is 11.7 Å². The molecule has 0 heterocycles. The van der Waals surface area contributed by atoms with Crippen LogP contribution in [0.2, 0.25) is 0 Å². The van der Waals surface area contributed by atoms with Gasteiger partial charge in [0.15, 0.2) is 0 Å². The van der Waals surface area contributed by atoms with E-state index in [0.717, 1.165) is 5.75 Å². The van der Waals surface area contributed by atoms with Crippen LogP contribution in [-0.2, 0) is 0 Å². The van der Waals surface area contributed by atoms with Gasteiger partial charge in [0, 0.05) is 24.2 Å². The van der Waals surface area contributed by atoms with Gasteiger partial charge in [0.25, 0.3) is 0 Å². The molecular weight excluding hydrogens is 259 g/mol. The second-order valence-corrected chi connectivity index (χ2v) is 4.92. The standard InChI is InChI=1S/C11H15FN2OS2/c1-14(11(15)13-5-6-17-2)10-4-3-8(16)7-9(10)12/h3-4,7,16H,5-6H2,1-2H3,(H,13,15). The molecule has 0 saturated heterocycles. The number of rotatable bonds is 4. The molecule has 0 aliphatic carbocycles. The van der Waals surface area contributed by atoms with E-state index in [4.69, 9.17) is 0 Å². The number of nitrogens with zero attached hydrogens (tertiary/aromatic N) is 1. The lowest BCUT2D eigenvalue weighted by molar-refractivity contribution is 0.248. The van der Waals surface area contributed by atoms with Crippen molar-refractivity contribution in [3.63, 3.8) is 0 Å². The molecule has 0 radical (unpaired) electrons. The highest BCUT2D eigenvalue weighted by Gasteiger charge is 2.14. The average molecular weight is 274 g/mol. The molecule has 0 aliphatic rings. The first-order valence-corrected chi connectivity index (χ1v) is 6.89. The normalized spacial score (nSPS) is 10.1. The Morgan fingerprint density at radius 3 is 2.88 bits per heavy atom.